The number of halogens is 1. The summed E-state index contributed by atoms with van der Waals surface area (Å²) in [6.07, 6.45) is 0.884. The molecule has 18 heavy (non-hydrogen) atoms. The van der Waals surface area contributed by atoms with E-state index >= 15 is 0 Å². The van der Waals surface area contributed by atoms with Crippen LogP contribution in [0.2, 0.25) is 0 Å². The molecule has 2 unspecified atom stereocenters. The third-order valence-corrected chi connectivity index (χ3v) is 6.53. The van der Waals surface area contributed by atoms with Gasteiger partial charge in [-0.2, -0.15) is 0 Å². The first-order chi connectivity index (χ1) is 8.49. The minimum Gasteiger partial charge on any atom is -0.212 e. The van der Waals surface area contributed by atoms with Crippen LogP contribution in [-0.4, -0.2) is 30.6 Å². The summed E-state index contributed by atoms with van der Waals surface area (Å²) in [7, 11) is -3.18. The molecule has 0 bridgehead atoms. The molecule has 100 valence electrons. The molecule has 1 heterocycles. The van der Waals surface area contributed by atoms with E-state index in [1.807, 2.05) is 30.3 Å². The fourth-order valence-electron chi connectivity index (χ4n) is 2.21. The van der Waals surface area contributed by atoms with E-state index in [1.54, 1.807) is 4.31 Å². The first-order valence-corrected chi connectivity index (χ1v) is 8.67. The number of nitrogens with zero attached hydrogens (tertiary/aromatic N) is 1. The number of hydrogen-bond donors (Lipinski definition) is 0. The third-order valence-electron chi connectivity index (χ3n) is 3.35. The molecule has 0 aromatic heterocycles. The summed E-state index contributed by atoms with van der Waals surface area (Å²) in [5, 5.41) is 0. The number of hydrogen-bond acceptors (Lipinski definition) is 2. The van der Waals surface area contributed by atoms with Crippen LogP contribution in [0, 0.1) is 5.92 Å². The molecular weight excluding hydrogens is 314 g/mol. The zero-order valence-electron chi connectivity index (χ0n) is 10.4. The first-order valence-electron chi connectivity index (χ1n) is 6.15. The molecule has 0 spiro atoms. The highest BCUT2D eigenvalue weighted by atomic mass is 79.9. The number of sulfonamides is 1. The Morgan fingerprint density at radius 3 is 2.61 bits per heavy atom. The molecule has 0 N–H and O–H groups in total. The second kappa shape index (κ2) is 5.72. The molecule has 1 aromatic rings. The van der Waals surface area contributed by atoms with Crippen LogP contribution in [0.25, 0.3) is 0 Å². The highest BCUT2D eigenvalue weighted by molar-refractivity contribution is 9.09. The number of benzene rings is 1. The molecule has 0 saturated carbocycles. The fourth-order valence-corrected chi connectivity index (χ4v) is 4.22. The third kappa shape index (κ3) is 3.33. The van der Waals surface area contributed by atoms with Crippen LogP contribution in [0.1, 0.15) is 18.9 Å². The van der Waals surface area contributed by atoms with Gasteiger partial charge in [0.2, 0.25) is 10.0 Å². The van der Waals surface area contributed by atoms with Crippen LogP contribution in [0.15, 0.2) is 30.3 Å². The van der Waals surface area contributed by atoms with Crippen molar-refractivity contribution in [2.24, 2.45) is 5.92 Å². The maximum atomic E-state index is 12.3. The van der Waals surface area contributed by atoms with Crippen molar-refractivity contribution in [3.05, 3.63) is 35.9 Å². The summed E-state index contributed by atoms with van der Waals surface area (Å²) in [6.45, 7) is 3.32. The zero-order valence-corrected chi connectivity index (χ0v) is 12.8. The van der Waals surface area contributed by atoms with Gasteiger partial charge in [-0.25, -0.2) is 12.7 Å². The number of piperidine rings is 1. The Labute approximate surface area is 117 Å². The maximum Gasteiger partial charge on any atom is 0.218 e. The van der Waals surface area contributed by atoms with E-state index in [0.29, 0.717) is 23.8 Å². The van der Waals surface area contributed by atoms with Crippen molar-refractivity contribution >= 4 is 26.0 Å². The summed E-state index contributed by atoms with van der Waals surface area (Å²) in [5.41, 5.74) is 0.853. The first kappa shape index (κ1) is 14.0. The smallest absolute Gasteiger partial charge is 0.212 e. The SMILES string of the molecule is CC1CN(S(=O)(=O)Cc2ccccc2)CCC1Br. The Morgan fingerprint density at radius 2 is 2.00 bits per heavy atom. The van der Waals surface area contributed by atoms with Crippen LogP contribution in [0.3, 0.4) is 0 Å². The molecule has 1 aromatic carbocycles. The summed E-state index contributed by atoms with van der Waals surface area (Å²) in [4.78, 5) is 0.431. The van der Waals surface area contributed by atoms with Crippen molar-refractivity contribution in [1.82, 2.24) is 4.31 Å². The Morgan fingerprint density at radius 1 is 1.33 bits per heavy atom. The monoisotopic (exact) mass is 331 g/mol. The average molecular weight is 332 g/mol. The highest BCUT2D eigenvalue weighted by Gasteiger charge is 2.31. The highest BCUT2D eigenvalue weighted by Crippen LogP contribution is 2.26. The van der Waals surface area contributed by atoms with Gasteiger partial charge in [0.25, 0.3) is 0 Å². The van der Waals surface area contributed by atoms with Crippen molar-refractivity contribution in [2.75, 3.05) is 13.1 Å². The molecule has 1 aliphatic rings. The van der Waals surface area contributed by atoms with E-state index in [1.165, 1.54) is 0 Å². The standard InChI is InChI=1S/C13H18BrNO2S/c1-11-9-15(8-7-13(11)14)18(16,17)10-12-5-3-2-4-6-12/h2-6,11,13H,7-10H2,1H3. The summed E-state index contributed by atoms with van der Waals surface area (Å²) >= 11 is 3.59. The molecule has 3 nitrogen and oxygen atoms in total. The van der Waals surface area contributed by atoms with Crippen molar-refractivity contribution < 1.29 is 8.42 Å². The quantitative estimate of drug-likeness (QED) is 0.798. The van der Waals surface area contributed by atoms with Gasteiger partial charge >= 0.3 is 0 Å². The van der Waals surface area contributed by atoms with E-state index in [0.717, 1.165) is 12.0 Å². The summed E-state index contributed by atoms with van der Waals surface area (Å²) < 4.78 is 26.3. The largest absolute Gasteiger partial charge is 0.218 e. The fraction of sp³-hybridized carbons (Fsp3) is 0.538. The lowest BCUT2D eigenvalue weighted by molar-refractivity contribution is 0.291. The van der Waals surface area contributed by atoms with Gasteiger partial charge < -0.3 is 0 Å². The minimum absolute atomic E-state index is 0.105. The molecule has 2 rings (SSSR count). The number of alkyl halides is 1. The van der Waals surface area contributed by atoms with E-state index in [4.69, 9.17) is 0 Å². The van der Waals surface area contributed by atoms with Crippen molar-refractivity contribution in [3.63, 3.8) is 0 Å². The van der Waals surface area contributed by atoms with E-state index in [-0.39, 0.29) is 5.75 Å². The lowest BCUT2D eigenvalue weighted by Crippen LogP contribution is -2.43. The van der Waals surface area contributed by atoms with E-state index < -0.39 is 10.0 Å². The van der Waals surface area contributed by atoms with Crippen LogP contribution in [-0.2, 0) is 15.8 Å². The second-order valence-corrected chi connectivity index (χ2v) is 8.03. The van der Waals surface area contributed by atoms with Gasteiger partial charge in [0, 0.05) is 17.9 Å². The van der Waals surface area contributed by atoms with Gasteiger partial charge in [-0.1, -0.05) is 53.2 Å². The molecule has 1 fully saturated rings. The Kier molecular flexibility index (Phi) is 4.45. The van der Waals surface area contributed by atoms with E-state index in [2.05, 4.69) is 22.9 Å². The van der Waals surface area contributed by atoms with Crippen molar-refractivity contribution in [1.29, 1.82) is 0 Å². The molecule has 0 aliphatic carbocycles. The maximum absolute atomic E-state index is 12.3. The molecule has 1 aliphatic heterocycles. The molecule has 2 atom stereocenters. The van der Waals surface area contributed by atoms with Gasteiger partial charge in [0.1, 0.15) is 0 Å². The molecule has 1 saturated heterocycles. The summed E-state index contributed by atoms with van der Waals surface area (Å²) in [6, 6.07) is 9.36. The average Bonchev–Trinajstić information content (AvgIpc) is 2.33. The topological polar surface area (TPSA) is 37.4 Å². The normalized spacial score (nSPS) is 26.1. The predicted molar refractivity (Wildman–Crippen MR) is 77.1 cm³/mol. The molecule has 0 radical (unpaired) electrons. The van der Waals surface area contributed by atoms with Gasteiger partial charge in [0.15, 0.2) is 0 Å². The van der Waals surface area contributed by atoms with Gasteiger partial charge in [-0.15, -0.1) is 0 Å². The van der Waals surface area contributed by atoms with Crippen LogP contribution < -0.4 is 0 Å². The Balaban J connectivity index is 2.08. The minimum atomic E-state index is -3.18. The van der Waals surface area contributed by atoms with Gasteiger partial charge in [0.05, 0.1) is 5.75 Å². The predicted octanol–water partition coefficient (Wildman–Crippen LogP) is 2.62. The molecule has 5 heteroatoms. The zero-order chi connectivity index (χ0) is 13.2. The summed E-state index contributed by atoms with van der Waals surface area (Å²) in [5.74, 6) is 0.470. The Bertz CT molecular complexity index is 489. The number of rotatable bonds is 3. The lowest BCUT2D eigenvalue weighted by Gasteiger charge is -2.33. The lowest BCUT2D eigenvalue weighted by atomic mass is 10.0. The second-order valence-electron chi connectivity index (χ2n) is 4.88. The van der Waals surface area contributed by atoms with Gasteiger partial charge in [-0.05, 0) is 17.9 Å². The van der Waals surface area contributed by atoms with Crippen molar-refractivity contribution in [2.45, 2.75) is 23.9 Å². The van der Waals surface area contributed by atoms with Gasteiger partial charge in [-0.3, -0.25) is 0 Å². The van der Waals surface area contributed by atoms with Crippen LogP contribution in [0.5, 0.6) is 0 Å². The molecule has 0 amide bonds. The van der Waals surface area contributed by atoms with Crippen molar-refractivity contribution in [3.8, 4) is 0 Å². The molecular formula is C13H18BrNO2S. The van der Waals surface area contributed by atoms with Crippen LogP contribution >= 0.6 is 15.9 Å². The van der Waals surface area contributed by atoms with E-state index in [9.17, 15) is 8.42 Å². The Hall–Kier alpha value is -0.390. The van der Waals surface area contributed by atoms with Crippen LogP contribution in [0.4, 0.5) is 0 Å².